The molecule has 1 aliphatic carbocycles. The van der Waals surface area contributed by atoms with Crippen LogP contribution in [0.15, 0.2) is 24.3 Å². The van der Waals surface area contributed by atoms with Crippen molar-refractivity contribution in [2.75, 3.05) is 13.1 Å². The zero-order valence-corrected chi connectivity index (χ0v) is 11.5. The molecule has 1 aromatic rings. The molecule has 2 aliphatic rings. The summed E-state index contributed by atoms with van der Waals surface area (Å²) in [4.78, 5) is 24.5. The standard InChI is InChI=1S/C15H17FN2O3/c16-11-3-1-2-9(6-11)12-7-13(12)17-15(21)18-5-4-10(8-18)14(19)20/h1-3,6,10,12-13H,4-5,7-8H2,(H,17,21)(H,19,20)/t10?,12-,13+/m0/s1. The molecule has 3 atom stereocenters. The van der Waals surface area contributed by atoms with Crippen LogP contribution in [0.1, 0.15) is 24.3 Å². The van der Waals surface area contributed by atoms with Gasteiger partial charge in [-0.25, -0.2) is 9.18 Å². The number of carbonyl (C=O) groups excluding carboxylic acids is 1. The smallest absolute Gasteiger partial charge is 0.317 e. The SMILES string of the molecule is O=C(O)C1CCN(C(=O)N[C@@H]2C[C@H]2c2cccc(F)c2)C1. The second-order valence-corrected chi connectivity index (χ2v) is 5.72. The van der Waals surface area contributed by atoms with Gasteiger partial charge in [-0.15, -0.1) is 0 Å². The van der Waals surface area contributed by atoms with Crippen molar-refractivity contribution in [1.29, 1.82) is 0 Å². The van der Waals surface area contributed by atoms with Crippen molar-refractivity contribution >= 4 is 12.0 Å². The van der Waals surface area contributed by atoms with Crippen LogP contribution in [0.2, 0.25) is 0 Å². The number of halogens is 1. The van der Waals surface area contributed by atoms with E-state index in [1.165, 1.54) is 12.1 Å². The van der Waals surface area contributed by atoms with Crippen LogP contribution >= 0.6 is 0 Å². The van der Waals surface area contributed by atoms with Crippen molar-refractivity contribution in [2.45, 2.75) is 24.8 Å². The summed E-state index contributed by atoms with van der Waals surface area (Å²) in [5.41, 5.74) is 0.894. The van der Waals surface area contributed by atoms with E-state index in [0.29, 0.717) is 13.0 Å². The summed E-state index contributed by atoms with van der Waals surface area (Å²) in [6, 6.07) is 6.21. The second-order valence-electron chi connectivity index (χ2n) is 5.72. The van der Waals surface area contributed by atoms with Crippen LogP contribution < -0.4 is 5.32 Å². The molecule has 2 N–H and O–H groups in total. The molecule has 5 nitrogen and oxygen atoms in total. The van der Waals surface area contributed by atoms with Crippen molar-refractivity contribution < 1.29 is 19.1 Å². The average Bonchev–Trinajstić information content (AvgIpc) is 3.01. The Hall–Kier alpha value is -2.11. The first-order valence-electron chi connectivity index (χ1n) is 7.08. The number of nitrogens with zero attached hydrogens (tertiary/aromatic N) is 1. The molecule has 3 rings (SSSR count). The van der Waals surface area contributed by atoms with Gasteiger partial charge in [0.05, 0.1) is 5.92 Å². The zero-order valence-electron chi connectivity index (χ0n) is 11.5. The number of hydrogen-bond acceptors (Lipinski definition) is 2. The number of nitrogens with one attached hydrogen (secondary N) is 1. The molecule has 2 amide bonds. The molecule has 21 heavy (non-hydrogen) atoms. The van der Waals surface area contributed by atoms with E-state index in [9.17, 15) is 14.0 Å². The molecule has 1 heterocycles. The van der Waals surface area contributed by atoms with E-state index in [4.69, 9.17) is 5.11 Å². The van der Waals surface area contributed by atoms with Crippen molar-refractivity contribution in [3.05, 3.63) is 35.6 Å². The Labute approximate surface area is 121 Å². The van der Waals surface area contributed by atoms with E-state index in [1.54, 1.807) is 11.0 Å². The van der Waals surface area contributed by atoms with E-state index in [-0.39, 0.29) is 30.4 Å². The Bertz CT molecular complexity index is 578. The number of benzene rings is 1. The molecular weight excluding hydrogens is 275 g/mol. The summed E-state index contributed by atoms with van der Waals surface area (Å²) in [5.74, 6) is -1.43. The number of hydrogen-bond donors (Lipinski definition) is 2. The first kappa shape index (κ1) is 13.9. The van der Waals surface area contributed by atoms with E-state index >= 15 is 0 Å². The fourth-order valence-electron chi connectivity index (χ4n) is 2.86. The van der Waals surface area contributed by atoms with E-state index in [2.05, 4.69) is 5.32 Å². The Kier molecular flexibility index (Phi) is 3.53. The summed E-state index contributed by atoms with van der Waals surface area (Å²) in [6.45, 7) is 0.735. The molecule has 0 spiro atoms. The number of carboxylic acid groups (broad SMARTS) is 1. The van der Waals surface area contributed by atoms with Gasteiger partial charge in [0.25, 0.3) is 0 Å². The highest BCUT2D eigenvalue weighted by Gasteiger charge is 2.41. The van der Waals surface area contributed by atoms with Crippen LogP contribution in [-0.4, -0.2) is 41.1 Å². The lowest BCUT2D eigenvalue weighted by molar-refractivity contribution is -0.141. The molecule has 0 bridgehead atoms. The van der Waals surface area contributed by atoms with Crippen LogP contribution in [0, 0.1) is 11.7 Å². The topological polar surface area (TPSA) is 69.6 Å². The highest BCUT2D eigenvalue weighted by molar-refractivity contribution is 5.78. The predicted octanol–water partition coefficient (Wildman–Crippen LogP) is 1.80. The number of carbonyl (C=O) groups is 2. The molecule has 0 aromatic heterocycles. The fourth-order valence-corrected chi connectivity index (χ4v) is 2.86. The number of carboxylic acids is 1. The molecule has 1 saturated heterocycles. The van der Waals surface area contributed by atoms with Gasteiger partial charge in [-0.3, -0.25) is 4.79 Å². The third kappa shape index (κ3) is 2.99. The van der Waals surface area contributed by atoms with Crippen LogP contribution in [0.4, 0.5) is 9.18 Å². The van der Waals surface area contributed by atoms with Crippen molar-refractivity contribution in [2.24, 2.45) is 5.92 Å². The van der Waals surface area contributed by atoms with Crippen molar-refractivity contribution in [1.82, 2.24) is 10.2 Å². The Balaban J connectivity index is 1.52. The highest BCUT2D eigenvalue weighted by Crippen LogP contribution is 2.41. The van der Waals surface area contributed by atoms with Crippen molar-refractivity contribution in [3.8, 4) is 0 Å². The van der Waals surface area contributed by atoms with Gasteiger partial charge in [0, 0.05) is 25.0 Å². The number of aliphatic carboxylic acids is 1. The monoisotopic (exact) mass is 292 g/mol. The van der Waals surface area contributed by atoms with Crippen LogP contribution in [0.3, 0.4) is 0 Å². The molecule has 1 unspecified atom stereocenters. The van der Waals surface area contributed by atoms with Gasteiger partial charge in [-0.05, 0) is 30.5 Å². The van der Waals surface area contributed by atoms with Gasteiger partial charge in [0.1, 0.15) is 5.82 Å². The van der Waals surface area contributed by atoms with Crippen LogP contribution in [-0.2, 0) is 4.79 Å². The molecule has 6 heteroatoms. The third-order valence-electron chi connectivity index (χ3n) is 4.20. The van der Waals surface area contributed by atoms with Gasteiger partial charge in [-0.2, -0.15) is 0 Å². The molecule has 1 aromatic carbocycles. The number of rotatable bonds is 3. The second kappa shape index (κ2) is 5.35. The maximum atomic E-state index is 13.2. The minimum atomic E-state index is -0.852. The fraction of sp³-hybridized carbons (Fsp3) is 0.467. The quantitative estimate of drug-likeness (QED) is 0.892. The molecule has 2 fully saturated rings. The van der Waals surface area contributed by atoms with E-state index < -0.39 is 11.9 Å². The molecular formula is C15H17FN2O3. The number of urea groups is 1. The van der Waals surface area contributed by atoms with E-state index in [1.807, 2.05) is 6.07 Å². The minimum absolute atomic E-state index is 0.0168. The Morgan fingerprint density at radius 3 is 2.86 bits per heavy atom. The predicted molar refractivity (Wildman–Crippen MR) is 73.4 cm³/mol. The lowest BCUT2D eigenvalue weighted by Gasteiger charge is -2.16. The molecule has 0 radical (unpaired) electrons. The van der Waals surface area contributed by atoms with Crippen LogP contribution in [0.25, 0.3) is 0 Å². The zero-order chi connectivity index (χ0) is 15.0. The van der Waals surface area contributed by atoms with Gasteiger partial charge >= 0.3 is 12.0 Å². The van der Waals surface area contributed by atoms with Gasteiger partial charge < -0.3 is 15.3 Å². The van der Waals surface area contributed by atoms with Gasteiger partial charge in [0.2, 0.25) is 0 Å². The maximum absolute atomic E-state index is 13.2. The molecule has 1 aliphatic heterocycles. The van der Waals surface area contributed by atoms with Crippen LogP contribution in [0.5, 0.6) is 0 Å². The normalized spacial score (nSPS) is 27.5. The lowest BCUT2D eigenvalue weighted by Crippen LogP contribution is -2.40. The number of amides is 2. The summed E-state index contributed by atoms with van der Waals surface area (Å²) in [6.07, 6.45) is 1.30. The van der Waals surface area contributed by atoms with E-state index in [0.717, 1.165) is 12.0 Å². The highest BCUT2D eigenvalue weighted by atomic mass is 19.1. The summed E-state index contributed by atoms with van der Waals surface area (Å²) < 4.78 is 13.2. The maximum Gasteiger partial charge on any atom is 0.317 e. The van der Waals surface area contributed by atoms with Gasteiger partial charge in [-0.1, -0.05) is 12.1 Å². The minimum Gasteiger partial charge on any atom is -0.481 e. The Morgan fingerprint density at radius 2 is 2.19 bits per heavy atom. The van der Waals surface area contributed by atoms with Gasteiger partial charge in [0.15, 0.2) is 0 Å². The summed E-state index contributed by atoms with van der Waals surface area (Å²) >= 11 is 0. The lowest BCUT2D eigenvalue weighted by atomic mass is 10.1. The third-order valence-corrected chi connectivity index (χ3v) is 4.20. The van der Waals surface area contributed by atoms with Crippen molar-refractivity contribution in [3.63, 3.8) is 0 Å². The Morgan fingerprint density at radius 1 is 1.38 bits per heavy atom. The average molecular weight is 292 g/mol. The molecule has 1 saturated carbocycles. The first-order valence-corrected chi connectivity index (χ1v) is 7.08. The first-order chi connectivity index (χ1) is 10.0. The summed E-state index contributed by atoms with van der Waals surface area (Å²) in [7, 11) is 0. The largest absolute Gasteiger partial charge is 0.481 e. The number of likely N-dealkylation sites (tertiary alicyclic amines) is 1. The summed E-state index contributed by atoms with van der Waals surface area (Å²) in [5, 5.41) is 11.8. The molecule has 112 valence electrons.